The Kier molecular flexibility index (Phi) is 19.7. The summed E-state index contributed by atoms with van der Waals surface area (Å²) < 4.78 is 49.9. The summed E-state index contributed by atoms with van der Waals surface area (Å²) in [4.78, 5) is 43.7. The average Bonchev–Trinajstić information content (AvgIpc) is 3.20. The van der Waals surface area contributed by atoms with Crippen LogP contribution in [0.15, 0.2) is 0 Å². The molecule has 0 amide bonds. The van der Waals surface area contributed by atoms with Crippen molar-refractivity contribution in [1.29, 1.82) is 0 Å². The number of hydrogen-bond acceptors (Lipinski definition) is 17. The van der Waals surface area contributed by atoms with E-state index in [1.54, 1.807) is 48.5 Å². The molecule has 3 fully saturated rings. The third-order valence-electron chi connectivity index (χ3n) is 13.8. The van der Waals surface area contributed by atoms with Crippen molar-refractivity contribution in [3.63, 3.8) is 0 Å². The van der Waals surface area contributed by atoms with Gasteiger partial charge in [-0.3, -0.25) is 9.59 Å². The first-order valence-corrected chi connectivity index (χ1v) is 22.6. The van der Waals surface area contributed by atoms with Crippen molar-refractivity contribution in [3.8, 4) is 0 Å². The highest BCUT2D eigenvalue weighted by Gasteiger charge is 2.54. The maximum absolute atomic E-state index is 14.6. The Morgan fingerprint density at radius 1 is 0.952 bits per heavy atom. The van der Waals surface area contributed by atoms with E-state index in [1.807, 2.05) is 51.7 Å². The number of aliphatic hydroxyl groups is 4. The van der Waals surface area contributed by atoms with Gasteiger partial charge in [-0.05, 0) is 101 Å². The minimum absolute atomic E-state index is 0.0843. The summed E-state index contributed by atoms with van der Waals surface area (Å²) in [6, 6.07) is -1.01. The lowest BCUT2D eigenvalue weighted by Gasteiger charge is -2.49. The number of cyclic esters (lactones) is 1. The molecule has 3 heterocycles. The molecule has 362 valence electrons. The Balaban J connectivity index is 2.28. The largest absolute Gasteiger partial charge is 0.459 e. The van der Waals surface area contributed by atoms with Gasteiger partial charge in [0.1, 0.15) is 23.9 Å². The molecule has 62 heavy (non-hydrogen) atoms. The third-order valence-corrected chi connectivity index (χ3v) is 13.8. The molecule has 17 nitrogen and oxygen atoms in total. The van der Waals surface area contributed by atoms with Crippen molar-refractivity contribution in [2.45, 2.75) is 218 Å². The number of likely N-dealkylation sites (N-methyl/N-ethyl adjacent to an activating group) is 2. The fourth-order valence-electron chi connectivity index (χ4n) is 9.84. The summed E-state index contributed by atoms with van der Waals surface area (Å²) in [5.74, 6) is -4.37. The topological polar surface area (TPSA) is 212 Å². The van der Waals surface area contributed by atoms with Crippen LogP contribution in [0.3, 0.4) is 0 Å². The SMILES string of the molecule is CC[C@@H]1O[C@@H](O[C@H]2[C@H](C)[C@@H](O[C@@H]3O[C@H](C)C[C@H](N(C)C)[C@H]3OC(=O)[C@@H](C)OC(C)=O)[C@](C)(O)C[C@@H](C)CN(C)[C@H](C)[C@@H](O)[C@@](O)(CC)[C@@H](CC)OC(=O)[C@@H]2C)C[C@@](C)(OC)[C@H]1O. The van der Waals surface area contributed by atoms with Gasteiger partial charge in [0.05, 0.1) is 47.6 Å². The first-order valence-electron chi connectivity index (χ1n) is 22.6. The zero-order valence-corrected chi connectivity index (χ0v) is 40.4. The molecular formula is C45H82N2O15. The molecule has 3 aliphatic heterocycles. The fourth-order valence-corrected chi connectivity index (χ4v) is 9.84. The highest BCUT2D eigenvalue weighted by atomic mass is 16.7. The lowest BCUT2D eigenvalue weighted by atomic mass is 9.77. The predicted molar refractivity (Wildman–Crippen MR) is 229 cm³/mol. The number of carbonyl (C=O) groups excluding carboxylic acids is 3. The van der Waals surface area contributed by atoms with Gasteiger partial charge in [0.15, 0.2) is 24.8 Å². The normalized spacial score (nSPS) is 43.8. The number of methoxy groups -OCH3 is 1. The van der Waals surface area contributed by atoms with Gasteiger partial charge in [-0.15, -0.1) is 0 Å². The second-order valence-corrected chi connectivity index (χ2v) is 19.2. The standard InChI is InChI=1S/C45H82N2O15/c1-17-32-38(50)44(12,55-16)22-34(58-32)60-35-26(6)39(62-42-36(31(46(13)14)20-25(5)56-42)61-41(52)29(9)57-30(10)48)43(11,53)21-24(4)23-47(15)28(8)37(49)45(54,19-3)33(18-2)59-40(51)27(35)7/h24-29,31-39,42,49-50,53-54H,17-23H2,1-16H3/t24-,25-,26+,27-,28-,29-,31+,32+,33-,34+,35+,36-,37-,38+,39-,42+,43-,44-,45-/m1/s1. The van der Waals surface area contributed by atoms with Gasteiger partial charge >= 0.3 is 17.9 Å². The molecule has 0 aliphatic carbocycles. The monoisotopic (exact) mass is 891 g/mol. The second-order valence-electron chi connectivity index (χ2n) is 19.2. The van der Waals surface area contributed by atoms with Crippen LogP contribution in [0.5, 0.6) is 0 Å². The maximum atomic E-state index is 14.6. The van der Waals surface area contributed by atoms with Gasteiger partial charge in [0, 0.05) is 39.0 Å². The van der Waals surface area contributed by atoms with E-state index in [2.05, 4.69) is 0 Å². The zero-order valence-electron chi connectivity index (χ0n) is 40.4. The third kappa shape index (κ3) is 12.6. The van der Waals surface area contributed by atoms with E-state index in [0.29, 0.717) is 19.4 Å². The zero-order chi connectivity index (χ0) is 47.2. The first kappa shape index (κ1) is 54.3. The van der Waals surface area contributed by atoms with Gasteiger partial charge in [-0.1, -0.05) is 34.6 Å². The van der Waals surface area contributed by atoms with Gasteiger partial charge in [0.2, 0.25) is 0 Å². The van der Waals surface area contributed by atoms with E-state index < -0.39 is 120 Å². The van der Waals surface area contributed by atoms with Gasteiger partial charge in [0.25, 0.3) is 0 Å². The number of nitrogens with zero attached hydrogens (tertiary/aromatic N) is 2. The molecular weight excluding hydrogens is 808 g/mol. The molecule has 4 N–H and O–H groups in total. The number of esters is 3. The smallest absolute Gasteiger partial charge is 0.347 e. The molecule has 0 spiro atoms. The maximum Gasteiger partial charge on any atom is 0.347 e. The Morgan fingerprint density at radius 2 is 1.58 bits per heavy atom. The van der Waals surface area contributed by atoms with Crippen LogP contribution in [-0.4, -0.2) is 179 Å². The Bertz CT molecular complexity index is 1450. The van der Waals surface area contributed by atoms with Gasteiger partial charge in [-0.25, -0.2) is 4.79 Å². The van der Waals surface area contributed by atoms with Crippen LogP contribution in [-0.2, 0) is 52.3 Å². The molecule has 0 bridgehead atoms. The summed E-state index contributed by atoms with van der Waals surface area (Å²) in [6.45, 7) is 20.9. The van der Waals surface area contributed by atoms with Crippen LogP contribution in [0.25, 0.3) is 0 Å². The number of aliphatic hydroxyl groups excluding tert-OH is 2. The summed E-state index contributed by atoms with van der Waals surface area (Å²) >= 11 is 0. The minimum Gasteiger partial charge on any atom is -0.459 e. The molecule has 0 aromatic rings. The van der Waals surface area contributed by atoms with Crippen molar-refractivity contribution < 1.29 is 72.7 Å². The quantitative estimate of drug-likeness (QED) is 0.164. The van der Waals surface area contributed by atoms with Crippen molar-refractivity contribution in [2.75, 3.05) is 34.8 Å². The highest BCUT2D eigenvalue weighted by Crippen LogP contribution is 2.41. The predicted octanol–water partition coefficient (Wildman–Crippen LogP) is 3.18. The van der Waals surface area contributed by atoms with Gasteiger partial charge in [-0.2, -0.15) is 0 Å². The van der Waals surface area contributed by atoms with Crippen LogP contribution < -0.4 is 0 Å². The molecule has 3 saturated heterocycles. The van der Waals surface area contributed by atoms with E-state index in [1.165, 1.54) is 21.0 Å². The highest BCUT2D eigenvalue weighted by molar-refractivity contribution is 5.78. The van der Waals surface area contributed by atoms with Crippen LogP contribution >= 0.6 is 0 Å². The molecule has 3 rings (SSSR count). The fraction of sp³-hybridized carbons (Fsp3) is 0.933. The van der Waals surface area contributed by atoms with Crippen molar-refractivity contribution in [3.05, 3.63) is 0 Å². The summed E-state index contributed by atoms with van der Waals surface area (Å²) in [5.41, 5.74) is -4.57. The number of ether oxygens (including phenoxy) is 8. The van der Waals surface area contributed by atoms with E-state index in [9.17, 15) is 34.8 Å². The van der Waals surface area contributed by atoms with Crippen LogP contribution in [0.2, 0.25) is 0 Å². The Hall–Kier alpha value is -2.03. The second kappa shape index (κ2) is 22.4. The summed E-state index contributed by atoms with van der Waals surface area (Å²) in [6.07, 6.45) is -9.92. The van der Waals surface area contributed by atoms with E-state index >= 15 is 0 Å². The molecule has 0 radical (unpaired) electrons. The number of rotatable bonds is 12. The number of hydrogen-bond donors (Lipinski definition) is 4. The van der Waals surface area contributed by atoms with E-state index in [4.69, 9.17) is 37.9 Å². The van der Waals surface area contributed by atoms with Gasteiger partial charge < -0.3 is 68.1 Å². The first-order chi connectivity index (χ1) is 28.7. The van der Waals surface area contributed by atoms with Crippen molar-refractivity contribution >= 4 is 17.9 Å². The molecule has 0 unspecified atom stereocenters. The molecule has 17 heteroatoms. The summed E-state index contributed by atoms with van der Waals surface area (Å²) in [7, 11) is 7.01. The van der Waals surface area contributed by atoms with Crippen LogP contribution in [0.4, 0.5) is 0 Å². The number of carbonyl (C=O) groups is 3. The molecule has 19 atom stereocenters. The Labute approximate surface area is 370 Å². The molecule has 0 aromatic carbocycles. The minimum atomic E-state index is -1.81. The van der Waals surface area contributed by atoms with Crippen molar-refractivity contribution in [2.24, 2.45) is 17.8 Å². The lowest BCUT2D eigenvalue weighted by molar-refractivity contribution is -0.320. The van der Waals surface area contributed by atoms with Crippen molar-refractivity contribution in [1.82, 2.24) is 9.80 Å². The molecule has 0 saturated carbocycles. The Morgan fingerprint density at radius 3 is 2.11 bits per heavy atom. The molecule has 0 aromatic heterocycles. The van der Waals surface area contributed by atoms with Crippen LogP contribution in [0, 0.1) is 17.8 Å². The molecule has 3 aliphatic rings. The van der Waals surface area contributed by atoms with E-state index in [-0.39, 0.29) is 37.7 Å². The van der Waals surface area contributed by atoms with E-state index in [0.717, 1.165) is 0 Å². The van der Waals surface area contributed by atoms with Crippen LogP contribution in [0.1, 0.15) is 122 Å². The summed E-state index contributed by atoms with van der Waals surface area (Å²) in [5, 5.41) is 48.0. The average molecular weight is 891 g/mol. The lowest BCUT2D eigenvalue weighted by Crippen LogP contribution is -2.61.